The minimum Gasteiger partial charge on any atom is -0.224 e. The summed E-state index contributed by atoms with van der Waals surface area (Å²) in [6.07, 6.45) is 2.47. The summed E-state index contributed by atoms with van der Waals surface area (Å²) in [5.41, 5.74) is 0. The molecule has 0 aromatic carbocycles. The van der Waals surface area contributed by atoms with Gasteiger partial charge in [-0.3, -0.25) is 0 Å². The molecule has 0 spiro atoms. The Balaban J connectivity index is 2.69. The third-order valence-electron chi connectivity index (χ3n) is 1.20. The first-order chi connectivity index (χ1) is 5.29. The van der Waals surface area contributed by atoms with Crippen molar-refractivity contribution in [3.63, 3.8) is 0 Å². The van der Waals surface area contributed by atoms with Gasteiger partial charge in [0.15, 0.2) is 18.7 Å². The monoisotopic (exact) mass is 228 g/mol. The summed E-state index contributed by atoms with van der Waals surface area (Å²) >= 11 is 0. The van der Waals surface area contributed by atoms with Crippen molar-refractivity contribution in [2.45, 2.75) is 5.25 Å². The Bertz CT molecular complexity index is 388. The second-order valence-electron chi connectivity index (χ2n) is 2.50. The van der Waals surface area contributed by atoms with Crippen molar-refractivity contribution in [2.24, 2.45) is 0 Å². The number of hydrogen-bond donors (Lipinski definition) is 0. The van der Waals surface area contributed by atoms with Crippen molar-refractivity contribution in [1.29, 1.82) is 0 Å². The highest BCUT2D eigenvalue weighted by atomic mass is 33.1. The van der Waals surface area contributed by atoms with Gasteiger partial charge in [-0.25, -0.2) is 16.8 Å². The molecule has 0 radical (unpaired) electrons. The van der Waals surface area contributed by atoms with E-state index in [1.54, 1.807) is 0 Å². The van der Waals surface area contributed by atoms with E-state index in [0.29, 0.717) is 10.8 Å². The first-order valence-corrected chi connectivity index (χ1v) is 8.08. The van der Waals surface area contributed by atoms with E-state index >= 15 is 0 Å². The maximum atomic E-state index is 10.8. The number of sulfone groups is 1. The molecule has 0 N–H and O–H groups in total. The first kappa shape index (κ1) is 10.1. The van der Waals surface area contributed by atoms with E-state index in [4.69, 9.17) is 0 Å². The zero-order valence-corrected chi connectivity index (χ0v) is 8.75. The molecule has 1 aliphatic heterocycles. The molecule has 0 bridgehead atoms. The van der Waals surface area contributed by atoms with Crippen LogP contribution in [0.3, 0.4) is 0 Å². The summed E-state index contributed by atoms with van der Waals surface area (Å²) in [4.78, 5) is 0. The molecule has 0 fully saturated rings. The summed E-state index contributed by atoms with van der Waals surface area (Å²) in [6.45, 7) is 0. The molecule has 0 aromatic heterocycles. The largest absolute Gasteiger partial charge is 0.224 e. The lowest BCUT2D eigenvalue weighted by molar-refractivity contribution is 0.606. The van der Waals surface area contributed by atoms with Crippen LogP contribution in [0.15, 0.2) is 11.5 Å². The maximum absolute atomic E-state index is 10.8. The van der Waals surface area contributed by atoms with Gasteiger partial charge in [0.1, 0.15) is 0 Å². The Hall–Kier alpha value is -0.0100. The van der Waals surface area contributed by atoms with E-state index in [1.165, 1.54) is 6.08 Å². The molecule has 70 valence electrons. The fraction of sp³-hybridized carbons (Fsp3) is 0.600. The lowest BCUT2D eigenvalue weighted by atomic mass is 10.5. The van der Waals surface area contributed by atoms with Crippen LogP contribution >= 0.6 is 10.8 Å². The zero-order chi connectivity index (χ0) is 9.41. The van der Waals surface area contributed by atoms with Gasteiger partial charge >= 0.3 is 0 Å². The molecule has 1 atom stereocenters. The summed E-state index contributed by atoms with van der Waals surface area (Å²) in [6, 6.07) is 0. The van der Waals surface area contributed by atoms with Gasteiger partial charge in [0.25, 0.3) is 0 Å². The third-order valence-corrected chi connectivity index (χ3v) is 5.51. The van der Waals surface area contributed by atoms with Gasteiger partial charge in [-0.05, 0) is 10.8 Å². The van der Waals surface area contributed by atoms with E-state index in [1.807, 2.05) is 0 Å². The van der Waals surface area contributed by atoms with Gasteiger partial charge in [-0.2, -0.15) is 0 Å². The topological polar surface area (TPSA) is 68.3 Å². The highest BCUT2D eigenvalue weighted by Crippen LogP contribution is 2.25. The molecular weight excluding hydrogens is 220 g/mol. The predicted molar refractivity (Wildman–Crippen MR) is 49.1 cm³/mol. The molecule has 0 aliphatic carbocycles. The molecule has 1 unspecified atom stereocenters. The maximum Gasteiger partial charge on any atom is 0.199 e. The van der Waals surface area contributed by atoms with Gasteiger partial charge in [0, 0.05) is 11.7 Å². The summed E-state index contributed by atoms with van der Waals surface area (Å²) in [7, 11) is -5.62. The van der Waals surface area contributed by atoms with E-state index in [-0.39, 0.29) is 5.75 Å². The van der Waals surface area contributed by atoms with Crippen LogP contribution < -0.4 is 0 Å². The van der Waals surface area contributed by atoms with Gasteiger partial charge in [0.2, 0.25) is 0 Å². The third kappa shape index (κ3) is 3.16. The van der Waals surface area contributed by atoms with Crippen molar-refractivity contribution in [2.75, 3.05) is 12.0 Å². The molecule has 0 amide bonds. The normalized spacial score (nSPS) is 27.6. The van der Waals surface area contributed by atoms with E-state index < -0.39 is 24.0 Å². The zero-order valence-electron chi connectivity index (χ0n) is 6.30. The number of rotatable bonds is 2. The number of hydrogen-bond acceptors (Lipinski definition) is 5. The lowest BCUT2D eigenvalue weighted by Crippen LogP contribution is -2.09. The van der Waals surface area contributed by atoms with Crippen LogP contribution in [-0.4, -0.2) is 34.1 Å². The van der Waals surface area contributed by atoms with Crippen molar-refractivity contribution >= 4 is 29.5 Å². The molecule has 0 aromatic rings. The SMILES string of the molecule is CS(=O)(=O)SC1C=CS(=O)(=O)C1. The lowest BCUT2D eigenvalue weighted by Gasteiger charge is -2.01. The Morgan fingerprint density at radius 1 is 1.50 bits per heavy atom. The van der Waals surface area contributed by atoms with Crippen molar-refractivity contribution in [1.82, 2.24) is 0 Å². The van der Waals surface area contributed by atoms with Crippen LogP contribution in [0.25, 0.3) is 0 Å². The van der Waals surface area contributed by atoms with Crippen molar-refractivity contribution < 1.29 is 16.8 Å². The van der Waals surface area contributed by atoms with Gasteiger partial charge in [0.05, 0.1) is 11.0 Å². The molecular formula is C5H8O4S3. The standard InChI is InChI=1S/C5H8O4S3/c1-11(6,7)10-5-2-3-12(8,9)4-5/h2-3,5H,4H2,1H3. The van der Waals surface area contributed by atoms with Crippen LogP contribution in [0, 0.1) is 0 Å². The van der Waals surface area contributed by atoms with E-state index in [0.717, 1.165) is 11.7 Å². The predicted octanol–water partition coefficient (Wildman–Crippen LogP) is -0.0101. The second kappa shape index (κ2) is 3.04. The Morgan fingerprint density at radius 3 is 2.42 bits per heavy atom. The molecule has 7 heteroatoms. The van der Waals surface area contributed by atoms with Crippen molar-refractivity contribution in [3.8, 4) is 0 Å². The average Bonchev–Trinajstić information content (AvgIpc) is 2.05. The Kier molecular flexibility index (Phi) is 2.55. The van der Waals surface area contributed by atoms with Gasteiger partial charge in [-0.1, -0.05) is 6.08 Å². The second-order valence-corrected chi connectivity index (χ2v) is 9.03. The van der Waals surface area contributed by atoms with Crippen LogP contribution in [0.5, 0.6) is 0 Å². The smallest absolute Gasteiger partial charge is 0.199 e. The highest BCUT2D eigenvalue weighted by Gasteiger charge is 2.25. The fourth-order valence-corrected chi connectivity index (χ4v) is 5.46. The molecule has 1 aliphatic rings. The Labute approximate surface area is 75.3 Å². The molecule has 0 saturated heterocycles. The molecule has 1 rings (SSSR count). The van der Waals surface area contributed by atoms with Gasteiger partial charge < -0.3 is 0 Å². The fourth-order valence-electron chi connectivity index (χ4n) is 0.832. The minimum absolute atomic E-state index is 0.106. The summed E-state index contributed by atoms with van der Waals surface area (Å²) in [5.74, 6) is -0.106. The quantitative estimate of drug-likeness (QED) is 0.622. The van der Waals surface area contributed by atoms with E-state index in [2.05, 4.69) is 0 Å². The van der Waals surface area contributed by atoms with Crippen LogP contribution in [0.1, 0.15) is 0 Å². The summed E-state index contributed by atoms with van der Waals surface area (Å²) in [5, 5.41) is 0.626. The van der Waals surface area contributed by atoms with Crippen LogP contribution in [0.4, 0.5) is 0 Å². The van der Waals surface area contributed by atoms with Gasteiger partial charge in [-0.15, -0.1) is 0 Å². The van der Waals surface area contributed by atoms with E-state index in [9.17, 15) is 16.8 Å². The minimum atomic E-state index is -3.16. The molecule has 12 heavy (non-hydrogen) atoms. The molecule has 4 nitrogen and oxygen atoms in total. The van der Waals surface area contributed by atoms with Crippen LogP contribution in [-0.2, 0) is 18.7 Å². The first-order valence-electron chi connectivity index (χ1n) is 3.08. The molecule has 0 saturated carbocycles. The summed E-state index contributed by atoms with van der Waals surface area (Å²) < 4.78 is 43.1. The van der Waals surface area contributed by atoms with Crippen molar-refractivity contribution in [3.05, 3.63) is 11.5 Å². The Morgan fingerprint density at radius 2 is 2.08 bits per heavy atom. The average molecular weight is 228 g/mol. The highest BCUT2D eigenvalue weighted by molar-refractivity contribution is 8.72. The van der Waals surface area contributed by atoms with Crippen LogP contribution in [0.2, 0.25) is 0 Å². The molecule has 1 heterocycles.